The molecule has 1 aliphatic heterocycles. The molecule has 0 unspecified atom stereocenters. The van der Waals surface area contributed by atoms with Crippen molar-refractivity contribution in [2.45, 2.75) is 6.92 Å². The van der Waals surface area contributed by atoms with Crippen molar-refractivity contribution in [2.24, 2.45) is 0 Å². The molecule has 1 aromatic carbocycles. The molecule has 1 N–H and O–H groups in total. The summed E-state index contributed by atoms with van der Waals surface area (Å²) in [6.45, 7) is 4.25. The topological polar surface area (TPSA) is 92.7 Å². The maximum absolute atomic E-state index is 11.4. The fraction of sp³-hybridized carbons (Fsp3) is 0.412. The summed E-state index contributed by atoms with van der Waals surface area (Å²) in [5.74, 6) is 2.53. The lowest BCUT2D eigenvalue weighted by Gasteiger charge is -2.33. The van der Waals surface area contributed by atoms with Gasteiger partial charge in [-0.15, -0.1) is 5.10 Å². The normalized spacial score (nSPS) is 14.1. The van der Waals surface area contributed by atoms with E-state index in [4.69, 9.17) is 9.47 Å². The number of anilines is 3. The van der Waals surface area contributed by atoms with E-state index in [1.165, 1.54) is 0 Å². The number of hydrogen-bond acceptors (Lipinski definition) is 8. The fourth-order valence-electron chi connectivity index (χ4n) is 2.75. The molecule has 0 spiro atoms. The summed E-state index contributed by atoms with van der Waals surface area (Å²) >= 11 is 0. The Morgan fingerprint density at radius 2 is 1.92 bits per heavy atom. The number of rotatable bonds is 5. The van der Waals surface area contributed by atoms with E-state index in [0.29, 0.717) is 49.4 Å². The highest BCUT2D eigenvalue weighted by molar-refractivity contribution is 5.73. The van der Waals surface area contributed by atoms with Crippen LogP contribution in [0.3, 0.4) is 0 Å². The van der Waals surface area contributed by atoms with Crippen LogP contribution in [0.15, 0.2) is 24.4 Å². The van der Waals surface area contributed by atoms with Crippen molar-refractivity contribution >= 4 is 23.4 Å². The van der Waals surface area contributed by atoms with Crippen molar-refractivity contribution in [3.8, 4) is 11.5 Å². The van der Waals surface area contributed by atoms with Gasteiger partial charge in [0.15, 0.2) is 5.82 Å². The second kappa shape index (κ2) is 7.85. The summed E-state index contributed by atoms with van der Waals surface area (Å²) in [6, 6.07) is 5.48. The summed E-state index contributed by atoms with van der Waals surface area (Å²) in [7, 11) is 3.20. The predicted molar refractivity (Wildman–Crippen MR) is 97.1 cm³/mol. The average molecular weight is 358 g/mol. The summed E-state index contributed by atoms with van der Waals surface area (Å²) < 4.78 is 10.6. The van der Waals surface area contributed by atoms with E-state index >= 15 is 0 Å². The molecule has 0 radical (unpaired) electrons. The summed E-state index contributed by atoms with van der Waals surface area (Å²) in [5, 5.41) is 11.3. The first-order valence-corrected chi connectivity index (χ1v) is 8.30. The van der Waals surface area contributed by atoms with Crippen LogP contribution < -0.4 is 19.7 Å². The monoisotopic (exact) mass is 358 g/mol. The number of nitrogens with one attached hydrogen (secondary N) is 1. The number of methoxy groups -OCH3 is 2. The van der Waals surface area contributed by atoms with Crippen LogP contribution in [-0.4, -0.2) is 66.4 Å². The van der Waals surface area contributed by atoms with Gasteiger partial charge in [0.1, 0.15) is 11.5 Å². The molecule has 9 nitrogen and oxygen atoms in total. The molecule has 1 fully saturated rings. The Labute approximate surface area is 151 Å². The Bertz CT molecular complexity index is 777. The molecule has 0 bridgehead atoms. The van der Waals surface area contributed by atoms with Crippen molar-refractivity contribution in [1.29, 1.82) is 0 Å². The number of carbonyl (C=O) groups excluding carboxylic acids is 1. The number of piperazine rings is 1. The molecule has 2 aromatic rings. The summed E-state index contributed by atoms with van der Waals surface area (Å²) in [4.78, 5) is 19.8. The third-order valence-electron chi connectivity index (χ3n) is 4.23. The second-order valence-electron chi connectivity index (χ2n) is 5.83. The molecule has 1 aromatic heterocycles. The zero-order valence-corrected chi connectivity index (χ0v) is 15.1. The standard InChI is InChI=1S/C17H22N6O3/c1-12(24)22-6-8-23(9-7-22)17-20-16(11-18-21-17)19-14-5-4-13(25-2)10-15(14)26-3/h4-5,10-11H,6-9H2,1-3H3,(H,19,20,21). The van der Waals surface area contributed by atoms with E-state index in [0.717, 1.165) is 5.69 Å². The lowest BCUT2D eigenvalue weighted by Crippen LogP contribution is -2.48. The molecule has 2 heterocycles. The molecule has 0 aliphatic carbocycles. The smallest absolute Gasteiger partial charge is 0.247 e. The molecule has 0 atom stereocenters. The van der Waals surface area contributed by atoms with E-state index in [-0.39, 0.29) is 5.91 Å². The van der Waals surface area contributed by atoms with Gasteiger partial charge in [0.2, 0.25) is 11.9 Å². The van der Waals surface area contributed by atoms with Crippen molar-refractivity contribution in [3.05, 3.63) is 24.4 Å². The number of nitrogens with zero attached hydrogens (tertiary/aromatic N) is 5. The third-order valence-corrected chi connectivity index (χ3v) is 4.23. The van der Waals surface area contributed by atoms with Crippen molar-refractivity contribution in [2.75, 3.05) is 50.6 Å². The van der Waals surface area contributed by atoms with Crippen LogP contribution in [0.25, 0.3) is 0 Å². The van der Waals surface area contributed by atoms with Gasteiger partial charge in [-0.1, -0.05) is 0 Å². The molecule has 138 valence electrons. The molecule has 9 heteroatoms. The van der Waals surface area contributed by atoms with Crippen LogP contribution in [-0.2, 0) is 4.79 Å². The number of benzene rings is 1. The first-order valence-electron chi connectivity index (χ1n) is 8.30. The zero-order chi connectivity index (χ0) is 18.5. The number of amides is 1. The quantitative estimate of drug-likeness (QED) is 0.855. The zero-order valence-electron chi connectivity index (χ0n) is 15.1. The Hall–Kier alpha value is -3.10. The Balaban J connectivity index is 1.73. The largest absolute Gasteiger partial charge is 0.497 e. The van der Waals surface area contributed by atoms with Crippen LogP contribution in [0.2, 0.25) is 0 Å². The Morgan fingerprint density at radius 1 is 1.15 bits per heavy atom. The van der Waals surface area contributed by atoms with Gasteiger partial charge in [-0.25, -0.2) is 0 Å². The van der Waals surface area contributed by atoms with Crippen LogP contribution in [0.1, 0.15) is 6.92 Å². The lowest BCUT2D eigenvalue weighted by atomic mass is 10.2. The van der Waals surface area contributed by atoms with Gasteiger partial charge < -0.3 is 24.6 Å². The predicted octanol–water partition coefficient (Wildman–Crippen LogP) is 1.30. The highest BCUT2D eigenvalue weighted by Crippen LogP contribution is 2.31. The Kier molecular flexibility index (Phi) is 5.35. The highest BCUT2D eigenvalue weighted by Gasteiger charge is 2.21. The molecule has 26 heavy (non-hydrogen) atoms. The number of carbonyl (C=O) groups is 1. The van der Waals surface area contributed by atoms with Gasteiger partial charge in [-0.2, -0.15) is 10.1 Å². The van der Waals surface area contributed by atoms with Crippen molar-refractivity contribution in [3.63, 3.8) is 0 Å². The lowest BCUT2D eigenvalue weighted by molar-refractivity contribution is -0.129. The molecular weight excluding hydrogens is 336 g/mol. The van der Waals surface area contributed by atoms with Gasteiger partial charge in [0, 0.05) is 39.2 Å². The number of aromatic nitrogens is 3. The summed E-state index contributed by atoms with van der Waals surface area (Å²) in [6.07, 6.45) is 1.55. The van der Waals surface area contributed by atoms with Crippen LogP contribution in [0, 0.1) is 0 Å². The minimum atomic E-state index is 0.0886. The van der Waals surface area contributed by atoms with Crippen LogP contribution in [0.4, 0.5) is 17.5 Å². The molecule has 3 rings (SSSR count). The second-order valence-corrected chi connectivity index (χ2v) is 5.83. The van der Waals surface area contributed by atoms with Crippen molar-refractivity contribution in [1.82, 2.24) is 20.1 Å². The van der Waals surface area contributed by atoms with E-state index in [2.05, 4.69) is 20.5 Å². The molecule has 0 saturated carbocycles. The Morgan fingerprint density at radius 3 is 2.58 bits per heavy atom. The minimum Gasteiger partial charge on any atom is -0.497 e. The molecular formula is C17H22N6O3. The first kappa shape index (κ1) is 17.7. The maximum atomic E-state index is 11.4. The van der Waals surface area contributed by atoms with E-state index in [1.807, 2.05) is 21.9 Å². The fourth-order valence-corrected chi connectivity index (χ4v) is 2.75. The first-order chi connectivity index (χ1) is 12.6. The number of ether oxygens (including phenoxy) is 2. The summed E-state index contributed by atoms with van der Waals surface area (Å²) in [5.41, 5.74) is 0.751. The van der Waals surface area contributed by atoms with Crippen LogP contribution in [0.5, 0.6) is 11.5 Å². The van der Waals surface area contributed by atoms with Gasteiger partial charge in [0.05, 0.1) is 26.1 Å². The maximum Gasteiger partial charge on any atom is 0.247 e. The van der Waals surface area contributed by atoms with Gasteiger partial charge >= 0.3 is 0 Å². The van der Waals surface area contributed by atoms with Gasteiger partial charge in [-0.05, 0) is 12.1 Å². The molecule has 1 amide bonds. The molecule has 1 aliphatic rings. The van der Waals surface area contributed by atoms with Crippen LogP contribution >= 0.6 is 0 Å². The van der Waals surface area contributed by atoms with E-state index < -0.39 is 0 Å². The van der Waals surface area contributed by atoms with Gasteiger partial charge in [0.25, 0.3) is 0 Å². The van der Waals surface area contributed by atoms with E-state index in [1.54, 1.807) is 33.4 Å². The van der Waals surface area contributed by atoms with Crippen molar-refractivity contribution < 1.29 is 14.3 Å². The SMILES string of the molecule is COc1ccc(Nc2cnnc(N3CCN(C(C)=O)CC3)n2)c(OC)c1. The van der Waals surface area contributed by atoms with Gasteiger partial charge in [-0.3, -0.25) is 4.79 Å². The minimum absolute atomic E-state index is 0.0886. The molecule has 1 saturated heterocycles. The highest BCUT2D eigenvalue weighted by atomic mass is 16.5. The third kappa shape index (κ3) is 3.93. The average Bonchev–Trinajstić information content (AvgIpc) is 2.68. The van der Waals surface area contributed by atoms with E-state index in [9.17, 15) is 4.79 Å². The number of hydrogen-bond donors (Lipinski definition) is 1.